The van der Waals surface area contributed by atoms with Crippen LogP contribution in [-0.2, 0) is 14.2 Å². The molecule has 2 unspecified atom stereocenters. The predicted octanol–water partition coefficient (Wildman–Crippen LogP) is 2.28. The van der Waals surface area contributed by atoms with Crippen molar-refractivity contribution in [1.29, 1.82) is 5.26 Å². The van der Waals surface area contributed by atoms with Crippen LogP contribution in [0.2, 0.25) is 0 Å². The fourth-order valence-corrected chi connectivity index (χ4v) is 3.15. The molecule has 2 rings (SSSR count). The molecule has 1 aromatic carbocycles. The maximum absolute atomic E-state index is 12.8. The monoisotopic (exact) mass is 442 g/mol. The van der Waals surface area contributed by atoms with Crippen LogP contribution in [0.15, 0.2) is 23.2 Å². The molecule has 0 amide bonds. The highest BCUT2D eigenvalue weighted by Crippen LogP contribution is 2.34. The summed E-state index contributed by atoms with van der Waals surface area (Å²) in [5.74, 6) is 0.0615. The van der Waals surface area contributed by atoms with Crippen molar-refractivity contribution < 1.29 is 32.5 Å². The number of nitriles is 1. The molecule has 0 spiro atoms. The van der Waals surface area contributed by atoms with Gasteiger partial charge in [0.1, 0.15) is 6.10 Å². The Morgan fingerprint density at radius 2 is 2.06 bits per heavy atom. The van der Waals surface area contributed by atoms with E-state index in [0.717, 1.165) is 5.56 Å². The van der Waals surface area contributed by atoms with Crippen molar-refractivity contribution >= 4 is 5.96 Å². The maximum Gasteiger partial charge on any atom is 0.387 e. The molecule has 2 N–H and O–H groups in total. The third kappa shape index (κ3) is 7.50. The van der Waals surface area contributed by atoms with E-state index in [1.807, 2.05) is 6.92 Å². The first-order chi connectivity index (χ1) is 14.9. The number of guanidine groups is 1. The summed E-state index contributed by atoms with van der Waals surface area (Å²) >= 11 is 0. The fraction of sp³-hybridized carbons (Fsp3) is 0.600. The molecule has 1 saturated heterocycles. The number of rotatable bonds is 11. The number of nitrogens with two attached hydrogens (primary N) is 1. The van der Waals surface area contributed by atoms with Crippen LogP contribution in [0.5, 0.6) is 11.5 Å². The lowest BCUT2D eigenvalue weighted by atomic mass is 10.00. The summed E-state index contributed by atoms with van der Waals surface area (Å²) in [5, 5.41) is 8.85. The zero-order chi connectivity index (χ0) is 22.8. The number of hydrogen-bond acceptors (Lipinski definition) is 7. The summed E-state index contributed by atoms with van der Waals surface area (Å²) in [6.07, 6.45) is 1.52. The number of nitrogens with zero attached hydrogens (tertiary/aromatic N) is 3. The van der Waals surface area contributed by atoms with E-state index in [0.29, 0.717) is 26.2 Å². The Hall–Kier alpha value is -2.68. The van der Waals surface area contributed by atoms with Gasteiger partial charge in [-0.25, -0.2) is 0 Å². The van der Waals surface area contributed by atoms with E-state index in [2.05, 4.69) is 9.73 Å². The molecule has 0 saturated carbocycles. The Kier molecular flexibility index (Phi) is 9.71. The molecule has 11 heteroatoms. The van der Waals surface area contributed by atoms with Crippen LogP contribution in [0, 0.1) is 11.5 Å². The van der Waals surface area contributed by atoms with E-state index in [-0.39, 0.29) is 36.0 Å². The molecular formula is C20H28F2N4O5. The summed E-state index contributed by atoms with van der Waals surface area (Å²) in [6.45, 7) is 0.497. The van der Waals surface area contributed by atoms with Crippen LogP contribution in [0.3, 0.4) is 0 Å². The molecule has 1 aromatic rings. The smallest absolute Gasteiger partial charge is 0.387 e. The molecule has 0 aromatic heterocycles. The summed E-state index contributed by atoms with van der Waals surface area (Å²) in [5.41, 5.74) is 6.73. The molecule has 0 aliphatic carbocycles. The van der Waals surface area contributed by atoms with Crippen LogP contribution in [0.4, 0.5) is 8.78 Å². The number of alkyl halides is 2. The predicted molar refractivity (Wildman–Crippen MR) is 108 cm³/mol. The van der Waals surface area contributed by atoms with Gasteiger partial charge >= 0.3 is 6.61 Å². The van der Waals surface area contributed by atoms with Gasteiger partial charge in [0.25, 0.3) is 0 Å². The van der Waals surface area contributed by atoms with Crippen molar-refractivity contribution in [2.45, 2.75) is 38.3 Å². The topological polar surface area (TPSA) is 112 Å². The Morgan fingerprint density at radius 1 is 1.32 bits per heavy atom. The molecule has 0 radical (unpaired) electrons. The number of halogens is 2. The average Bonchev–Trinajstić information content (AvgIpc) is 3.25. The van der Waals surface area contributed by atoms with E-state index < -0.39 is 12.9 Å². The number of hydrogen-bond donors (Lipinski definition) is 1. The van der Waals surface area contributed by atoms with Crippen molar-refractivity contribution in [1.82, 2.24) is 4.90 Å². The summed E-state index contributed by atoms with van der Waals surface area (Å²) < 4.78 is 51.8. The Labute approximate surface area is 180 Å². The van der Waals surface area contributed by atoms with Crippen molar-refractivity contribution in [3.8, 4) is 17.7 Å². The van der Waals surface area contributed by atoms with Crippen molar-refractivity contribution in [3.05, 3.63) is 23.8 Å². The summed E-state index contributed by atoms with van der Waals surface area (Å²) in [6, 6.07) is 4.80. The Bertz CT molecular complexity index is 764. The van der Waals surface area contributed by atoms with Crippen molar-refractivity contribution in [2.75, 3.05) is 40.5 Å². The van der Waals surface area contributed by atoms with Gasteiger partial charge < -0.3 is 34.3 Å². The van der Waals surface area contributed by atoms with E-state index in [9.17, 15) is 8.78 Å². The van der Waals surface area contributed by atoms with Gasteiger partial charge in [-0.05, 0) is 23.6 Å². The SMILES string of the molecule is COC(CN(CC(C)c1ccc(OC(F)F)c(OC2CCOC2)c1)/C(N)=N\C#N)OC. The molecular weight excluding hydrogens is 414 g/mol. The third-order valence-corrected chi connectivity index (χ3v) is 4.81. The number of benzene rings is 1. The molecule has 172 valence electrons. The zero-order valence-corrected chi connectivity index (χ0v) is 17.8. The van der Waals surface area contributed by atoms with Crippen LogP contribution in [-0.4, -0.2) is 70.4 Å². The lowest BCUT2D eigenvalue weighted by Crippen LogP contribution is -2.44. The quantitative estimate of drug-likeness (QED) is 0.240. The average molecular weight is 442 g/mol. The van der Waals surface area contributed by atoms with E-state index in [1.165, 1.54) is 20.3 Å². The lowest BCUT2D eigenvalue weighted by Gasteiger charge is -2.29. The van der Waals surface area contributed by atoms with Gasteiger partial charge in [-0.3, -0.25) is 0 Å². The van der Waals surface area contributed by atoms with Gasteiger partial charge in [0.15, 0.2) is 17.8 Å². The van der Waals surface area contributed by atoms with Gasteiger partial charge in [-0.2, -0.15) is 14.0 Å². The first kappa shape index (κ1) is 24.6. The van der Waals surface area contributed by atoms with E-state index in [1.54, 1.807) is 23.2 Å². The highest BCUT2D eigenvalue weighted by molar-refractivity contribution is 5.79. The highest BCUT2D eigenvalue weighted by atomic mass is 19.3. The Morgan fingerprint density at radius 3 is 2.65 bits per heavy atom. The van der Waals surface area contributed by atoms with E-state index in [4.69, 9.17) is 29.9 Å². The van der Waals surface area contributed by atoms with Crippen LogP contribution in [0.25, 0.3) is 0 Å². The van der Waals surface area contributed by atoms with Gasteiger partial charge in [0.05, 0.1) is 19.8 Å². The highest BCUT2D eigenvalue weighted by Gasteiger charge is 2.23. The minimum Gasteiger partial charge on any atom is -0.484 e. The first-order valence-electron chi connectivity index (χ1n) is 9.73. The second kappa shape index (κ2) is 12.2. The van der Waals surface area contributed by atoms with Crippen LogP contribution < -0.4 is 15.2 Å². The zero-order valence-electron chi connectivity index (χ0n) is 17.8. The second-order valence-electron chi connectivity index (χ2n) is 6.97. The molecule has 0 bridgehead atoms. The molecule has 1 fully saturated rings. The van der Waals surface area contributed by atoms with Gasteiger partial charge in [-0.15, -0.1) is 4.99 Å². The molecule has 1 heterocycles. The number of aliphatic imine (C=N–C) groups is 1. The van der Waals surface area contributed by atoms with Gasteiger partial charge in [0.2, 0.25) is 12.2 Å². The molecule has 9 nitrogen and oxygen atoms in total. The van der Waals surface area contributed by atoms with Crippen molar-refractivity contribution in [2.24, 2.45) is 10.7 Å². The lowest BCUT2D eigenvalue weighted by molar-refractivity contribution is -0.109. The van der Waals surface area contributed by atoms with Gasteiger partial charge in [0, 0.05) is 27.2 Å². The molecule has 2 atom stereocenters. The largest absolute Gasteiger partial charge is 0.484 e. The van der Waals surface area contributed by atoms with Gasteiger partial charge in [-0.1, -0.05) is 13.0 Å². The molecule has 1 aliphatic heterocycles. The van der Waals surface area contributed by atoms with Crippen LogP contribution >= 0.6 is 0 Å². The number of methoxy groups -OCH3 is 2. The summed E-state index contributed by atoms with van der Waals surface area (Å²) in [4.78, 5) is 5.25. The Balaban J connectivity index is 2.23. The minimum atomic E-state index is -2.97. The molecule has 31 heavy (non-hydrogen) atoms. The van der Waals surface area contributed by atoms with Crippen molar-refractivity contribution in [3.63, 3.8) is 0 Å². The standard InChI is InChI=1S/C20H28F2N4O5/c1-13(9-26(20(24)25-12-23)10-18(27-2)28-3)14-4-5-16(31-19(21)22)17(8-14)30-15-6-7-29-11-15/h4-5,8,13,15,18-19H,6-7,9-11H2,1-3H3,(H2,24,25). The number of ether oxygens (including phenoxy) is 5. The fourth-order valence-electron chi connectivity index (χ4n) is 3.15. The minimum absolute atomic E-state index is 0.0191. The van der Waals surface area contributed by atoms with Crippen LogP contribution in [0.1, 0.15) is 24.8 Å². The maximum atomic E-state index is 12.8. The third-order valence-electron chi connectivity index (χ3n) is 4.81. The molecule has 1 aliphatic rings. The first-order valence-corrected chi connectivity index (χ1v) is 9.73. The normalized spacial score (nSPS) is 17.6. The summed E-state index contributed by atoms with van der Waals surface area (Å²) in [7, 11) is 2.98. The second-order valence-corrected chi connectivity index (χ2v) is 6.97. The van der Waals surface area contributed by atoms with E-state index >= 15 is 0 Å².